The van der Waals surface area contributed by atoms with E-state index in [1.165, 1.54) is 4.90 Å². The number of carboxylic acids is 1. The molecule has 1 N–H and O–H groups in total. The molecule has 122 valence electrons. The van der Waals surface area contributed by atoms with Gasteiger partial charge in [0.1, 0.15) is 5.75 Å². The Morgan fingerprint density at radius 1 is 1.18 bits per heavy atom. The number of benzene rings is 1. The number of aliphatic carboxylic acids is 1. The lowest BCUT2D eigenvalue weighted by Crippen LogP contribution is -2.32. The van der Waals surface area contributed by atoms with E-state index in [0.29, 0.717) is 24.6 Å². The Bertz CT molecular complexity index is 482. The number of carbonyl (C=O) groups excluding carboxylic acids is 1. The summed E-state index contributed by atoms with van der Waals surface area (Å²) in [5.41, 5.74) is 0.705. The standard InChI is InChI=1S/C17H25NO4/c1-4-5-16(19)18(11-10-17(20)21)14-6-8-15(9-7-14)22-12-13(2)3/h6-9,13H,4-5,10-12H2,1-3H3,(H,20,21). The summed E-state index contributed by atoms with van der Waals surface area (Å²) < 4.78 is 5.61. The van der Waals surface area contributed by atoms with Crippen molar-refractivity contribution in [2.75, 3.05) is 18.1 Å². The quantitative estimate of drug-likeness (QED) is 0.760. The van der Waals surface area contributed by atoms with Crippen LogP contribution < -0.4 is 9.64 Å². The van der Waals surface area contributed by atoms with Gasteiger partial charge in [0, 0.05) is 18.7 Å². The van der Waals surface area contributed by atoms with Crippen LogP contribution in [0.15, 0.2) is 24.3 Å². The molecule has 0 spiro atoms. The zero-order valence-corrected chi connectivity index (χ0v) is 13.5. The third kappa shape index (κ3) is 6.16. The molecule has 0 aliphatic carbocycles. The van der Waals surface area contributed by atoms with E-state index in [1.807, 2.05) is 19.1 Å². The molecular formula is C17H25NO4. The van der Waals surface area contributed by atoms with Gasteiger partial charge in [-0.2, -0.15) is 0 Å². The van der Waals surface area contributed by atoms with E-state index in [-0.39, 0.29) is 18.9 Å². The van der Waals surface area contributed by atoms with Crippen molar-refractivity contribution >= 4 is 17.6 Å². The minimum absolute atomic E-state index is 0.0559. The zero-order valence-electron chi connectivity index (χ0n) is 13.5. The molecular weight excluding hydrogens is 282 g/mol. The molecule has 0 bridgehead atoms. The third-order valence-corrected chi connectivity index (χ3v) is 3.05. The molecule has 0 aromatic heterocycles. The summed E-state index contributed by atoms with van der Waals surface area (Å²) in [6.07, 6.45) is 1.07. The van der Waals surface area contributed by atoms with Gasteiger partial charge in [-0.15, -0.1) is 0 Å². The molecule has 0 saturated carbocycles. The number of hydrogen-bond donors (Lipinski definition) is 1. The Morgan fingerprint density at radius 2 is 1.82 bits per heavy atom. The summed E-state index contributed by atoms with van der Waals surface area (Å²) in [4.78, 5) is 24.5. The highest BCUT2D eigenvalue weighted by Gasteiger charge is 2.16. The van der Waals surface area contributed by atoms with Crippen molar-refractivity contribution < 1.29 is 19.4 Å². The molecule has 0 fully saturated rings. The van der Waals surface area contributed by atoms with Gasteiger partial charge in [-0.25, -0.2) is 0 Å². The number of ether oxygens (including phenoxy) is 1. The number of carboxylic acid groups (broad SMARTS) is 1. The van der Waals surface area contributed by atoms with Gasteiger partial charge < -0.3 is 14.7 Å². The minimum atomic E-state index is -0.911. The average molecular weight is 307 g/mol. The molecule has 0 aliphatic heterocycles. The van der Waals surface area contributed by atoms with Crippen LogP contribution in [0.25, 0.3) is 0 Å². The van der Waals surface area contributed by atoms with Crippen molar-refractivity contribution in [1.29, 1.82) is 0 Å². The fourth-order valence-electron chi connectivity index (χ4n) is 1.94. The van der Waals surface area contributed by atoms with E-state index in [9.17, 15) is 9.59 Å². The smallest absolute Gasteiger partial charge is 0.305 e. The van der Waals surface area contributed by atoms with Gasteiger partial charge in [0.15, 0.2) is 0 Å². The van der Waals surface area contributed by atoms with Gasteiger partial charge in [-0.3, -0.25) is 9.59 Å². The van der Waals surface area contributed by atoms with Crippen LogP contribution in [0.2, 0.25) is 0 Å². The minimum Gasteiger partial charge on any atom is -0.493 e. The van der Waals surface area contributed by atoms with Gasteiger partial charge in [0.2, 0.25) is 5.91 Å². The summed E-state index contributed by atoms with van der Waals surface area (Å²) in [5, 5.41) is 8.83. The first-order valence-electron chi connectivity index (χ1n) is 7.69. The summed E-state index contributed by atoms with van der Waals surface area (Å²) >= 11 is 0. The van der Waals surface area contributed by atoms with Crippen molar-refractivity contribution in [3.05, 3.63) is 24.3 Å². The van der Waals surface area contributed by atoms with Crippen LogP contribution >= 0.6 is 0 Å². The molecule has 0 atom stereocenters. The van der Waals surface area contributed by atoms with E-state index >= 15 is 0 Å². The molecule has 0 radical (unpaired) electrons. The molecule has 0 saturated heterocycles. The van der Waals surface area contributed by atoms with Gasteiger partial charge in [0.05, 0.1) is 13.0 Å². The largest absolute Gasteiger partial charge is 0.493 e. The molecule has 5 heteroatoms. The normalized spacial score (nSPS) is 10.5. The highest BCUT2D eigenvalue weighted by Crippen LogP contribution is 2.21. The first kappa shape index (κ1) is 18.0. The van der Waals surface area contributed by atoms with Crippen LogP contribution in [0.4, 0.5) is 5.69 Å². The van der Waals surface area contributed by atoms with Crippen molar-refractivity contribution in [3.63, 3.8) is 0 Å². The lowest BCUT2D eigenvalue weighted by Gasteiger charge is -2.22. The van der Waals surface area contributed by atoms with E-state index in [0.717, 1.165) is 12.2 Å². The molecule has 1 amide bonds. The summed E-state index contributed by atoms with van der Waals surface area (Å²) in [6.45, 7) is 6.89. The number of amides is 1. The van der Waals surface area contributed by atoms with Crippen molar-refractivity contribution in [2.45, 2.75) is 40.0 Å². The maximum atomic E-state index is 12.2. The number of carbonyl (C=O) groups is 2. The molecule has 1 aromatic carbocycles. The first-order valence-corrected chi connectivity index (χ1v) is 7.69. The van der Waals surface area contributed by atoms with E-state index < -0.39 is 5.97 Å². The number of nitrogens with zero attached hydrogens (tertiary/aromatic N) is 1. The molecule has 5 nitrogen and oxygen atoms in total. The first-order chi connectivity index (χ1) is 10.4. The van der Waals surface area contributed by atoms with Gasteiger partial charge in [0.25, 0.3) is 0 Å². The maximum absolute atomic E-state index is 12.2. The molecule has 0 unspecified atom stereocenters. The topological polar surface area (TPSA) is 66.8 Å². The number of anilines is 1. The van der Waals surface area contributed by atoms with Crippen LogP contribution in [0.5, 0.6) is 5.75 Å². The van der Waals surface area contributed by atoms with Crippen molar-refractivity contribution in [2.24, 2.45) is 5.92 Å². The molecule has 22 heavy (non-hydrogen) atoms. The highest BCUT2D eigenvalue weighted by atomic mass is 16.5. The monoisotopic (exact) mass is 307 g/mol. The van der Waals surface area contributed by atoms with Crippen molar-refractivity contribution in [1.82, 2.24) is 0 Å². The predicted octanol–water partition coefficient (Wildman–Crippen LogP) is 3.33. The fourth-order valence-corrected chi connectivity index (χ4v) is 1.94. The Morgan fingerprint density at radius 3 is 2.32 bits per heavy atom. The van der Waals surface area contributed by atoms with Crippen molar-refractivity contribution in [3.8, 4) is 5.75 Å². The van der Waals surface area contributed by atoms with Crippen LogP contribution in [0, 0.1) is 5.92 Å². The Hall–Kier alpha value is -2.04. The molecule has 1 rings (SSSR count). The second kappa shape index (κ2) is 9.07. The highest BCUT2D eigenvalue weighted by molar-refractivity contribution is 5.93. The van der Waals surface area contributed by atoms with Crippen LogP contribution in [0.3, 0.4) is 0 Å². The Labute approximate surface area is 131 Å². The van der Waals surface area contributed by atoms with E-state index in [4.69, 9.17) is 9.84 Å². The number of rotatable bonds is 9. The second-order valence-corrected chi connectivity index (χ2v) is 5.64. The SMILES string of the molecule is CCCC(=O)N(CCC(=O)O)c1ccc(OCC(C)C)cc1. The van der Waals surface area contributed by atoms with Crippen LogP contribution in [-0.4, -0.2) is 30.1 Å². The zero-order chi connectivity index (χ0) is 16.5. The van der Waals surface area contributed by atoms with E-state index in [2.05, 4.69) is 13.8 Å². The number of hydrogen-bond acceptors (Lipinski definition) is 3. The summed E-state index contributed by atoms with van der Waals surface area (Å²) in [6, 6.07) is 7.21. The maximum Gasteiger partial charge on any atom is 0.305 e. The Balaban J connectivity index is 2.80. The molecule has 0 aliphatic rings. The summed E-state index contributed by atoms with van der Waals surface area (Å²) in [7, 11) is 0. The molecule has 0 heterocycles. The third-order valence-electron chi connectivity index (χ3n) is 3.05. The lowest BCUT2D eigenvalue weighted by molar-refractivity contribution is -0.136. The van der Waals surface area contributed by atoms with Gasteiger partial charge in [-0.05, 0) is 36.6 Å². The average Bonchev–Trinajstić information content (AvgIpc) is 2.46. The molecule has 1 aromatic rings. The van der Waals surface area contributed by atoms with E-state index in [1.54, 1.807) is 12.1 Å². The van der Waals surface area contributed by atoms with Gasteiger partial charge >= 0.3 is 5.97 Å². The Kier molecular flexibility index (Phi) is 7.43. The van der Waals surface area contributed by atoms with Crippen LogP contribution in [0.1, 0.15) is 40.0 Å². The second-order valence-electron chi connectivity index (χ2n) is 5.64. The van der Waals surface area contributed by atoms with Gasteiger partial charge in [-0.1, -0.05) is 20.8 Å². The lowest BCUT2D eigenvalue weighted by atomic mass is 10.2. The fraction of sp³-hybridized carbons (Fsp3) is 0.529. The predicted molar refractivity (Wildman–Crippen MR) is 86.3 cm³/mol. The van der Waals surface area contributed by atoms with Crippen LogP contribution in [-0.2, 0) is 9.59 Å². The summed E-state index contributed by atoms with van der Waals surface area (Å²) in [5.74, 6) is 0.224.